The van der Waals surface area contributed by atoms with Crippen LogP contribution >= 0.6 is 0 Å². The standard InChI is InChI=1S/C19H13N5O2/c25-24(26)15-9-7-14(8-10-15)21-19-16-5-1-2-6-17(16)22-18(23-19)13-4-3-11-20-12-13/h1-12H,(H,21,22,23). The van der Waals surface area contributed by atoms with Crippen LogP contribution in [-0.2, 0) is 0 Å². The smallest absolute Gasteiger partial charge is 0.269 e. The highest BCUT2D eigenvalue weighted by Crippen LogP contribution is 2.27. The molecule has 0 spiro atoms. The number of nitrogens with one attached hydrogen (secondary N) is 1. The van der Waals surface area contributed by atoms with E-state index in [0.29, 0.717) is 17.3 Å². The van der Waals surface area contributed by atoms with Crippen molar-refractivity contribution in [1.29, 1.82) is 0 Å². The first-order valence-corrected chi connectivity index (χ1v) is 7.89. The quantitative estimate of drug-likeness (QED) is 0.437. The molecule has 4 aromatic rings. The molecule has 0 aliphatic carbocycles. The Kier molecular flexibility index (Phi) is 3.95. The molecular weight excluding hydrogens is 330 g/mol. The van der Waals surface area contributed by atoms with Gasteiger partial charge in [-0.15, -0.1) is 0 Å². The number of fused-ring (bicyclic) bond motifs is 1. The van der Waals surface area contributed by atoms with Crippen LogP contribution in [0.3, 0.4) is 0 Å². The zero-order valence-electron chi connectivity index (χ0n) is 13.5. The third-order valence-corrected chi connectivity index (χ3v) is 3.86. The van der Waals surface area contributed by atoms with Crippen LogP contribution in [0.5, 0.6) is 0 Å². The summed E-state index contributed by atoms with van der Waals surface area (Å²) in [5.41, 5.74) is 2.35. The zero-order valence-corrected chi connectivity index (χ0v) is 13.5. The Morgan fingerprint density at radius 1 is 0.923 bits per heavy atom. The highest BCUT2D eigenvalue weighted by molar-refractivity contribution is 5.92. The van der Waals surface area contributed by atoms with Crippen molar-refractivity contribution in [2.45, 2.75) is 0 Å². The van der Waals surface area contributed by atoms with Crippen molar-refractivity contribution in [2.75, 3.05) is 5.32 Å². The predicted molar refractivity (Wildman–Crippen MR) is 99.1 cm³/mol. The highest BCUT2D eigenvalue weighted by Gasteiger charge is 2.10. The molecule has 0 amide bonds. The predicted octanol–water partition coefficient (Wildman–Crippen LogP) is 4.34. The number of rotatable bonds is 4. The van der Waals surface area contributed by atoms with E-state index in [2.05, 4.69) is 20.3 Å². The summed E-state index contributed by atoms with van der Waals surface area (Å²) in [6.07, 6.45) is 3.40. The van der Waals surface area contributed by atoms with Crippen LogP contribution in [-0.4, -0.2) is 19.9 Å². The van der Waals surface area contributed by atoms with E-state index in [1.54, 1.807) is 24.5 Å². The Labute approximate surface area is 148 Å². The number of hydrogen-bond donors (Lipinski definition) is 1. The summed E-state index contributed by atoms with van der Waals surface area (Å²) in [5, 5.41) is 14.9. The third kappa shape index (κ3) is 3.05. The first-order valence-electron chi connectivity index (χ1n) is 7.89. The number of benzene rings is 2. The van der Waals surface area contributed by atoms with E-state index < -0.39 is 4.92 Å². The van der Waals surface area contributed by atoms with Crippen LogP contribution in [0.25, 0.3) is 22.3 Å². The number of non-ortho nitro benzene ring substituents is 1. The van der Waals surface area contributed by atoms with Gasteiger partial charge in [-0.2, -0.15) is 0 Å². The van der Waals surface area contributed by atoms with Gasteiger partial charge in [-0.25, -0.2) is 9.97 Å². The number of nitro groups is 1. The van der Waals surface area contributed by atoms with Crippen LogP contribution in [0.4, 0.5) is 17.2 Å². The lowest BCUT2D eigenvalue weighted by atomic mass is 10.2. The number of aromatic nitrogens is 3. The summed E-state index contributed by atoms with van der Waals surface area (Å²) in [6, 6.07) is 17.6. The normalized spacial score (nSPS) is 10.6. The second kappa shape index (κ2) is 6.56. The molecule has 0 bridgehead atoms. The maximum atomic E-state index is 10.8. The van der Waals surface area contributed by atoms with Gasteiger partial charge in [-0.05, 0) is 36.4 Å². The molecule has 126 valence electrons. The molecule has 0 fully saturated rings. The maximum absolute atomic E-state index is 10.8. The Bertz CT molecular complexity index is 1080. The van der Waals surface area contributed by atoms with E-state index in [1.165, 1.54) is 12.1 Å². The second-order valence-electron chi connectivity index (χ2n) is 5.58. The minimum atomic E-state index is -0.426. The average molecular weight is 343 g/mol. The first-order chi connectivity index (χ1) is 12.7. The molecule has 0 saturated carbocycles. The fraction of sp³-hybridized carbons (Fsp3) is 0. The molecule has 0 aliphatic rings. The monoisotopic (exact) mass is 343 g/mol. The molecule has 1 N–H and O–H groups in total. The number of nitro benzene ring substituents is 1. The van der Waals surface area contributed by atoms with E-state index in [1.807, 2.05) is 36.4 Å². The van der Waals surface area contributed by atoms with Gasteiger partial charge in [-0.3, -0.25) is 15.1 Å². The van der Waals surface area contributed by atoms with E-state index in [4.69, 9.17) is 0 Å². The maximum Gasteiger partial charge on any atom is 0.269 e. The largest absolute Gasteiger partial charge is 0.340 e. The molecule has 7 nitrogen and oxygen atoms in total. The van der Waals surface area contributed by atoms with Gasteiger partial charge < -0.3 is 5.32 Å². The number of pyridine rings is 1. The SMILES string of the molecule is O=[N+]([O-])c1ccc(Nc2nc(-c3cccnc3)nc3ccccc23)cc1. The Hall–Kier alpha value is -3.87. The summed E-state index contributed by atoms with van der Waals surface area (Å²) in [5.74, 6) is 1.18. The number of hydrogen-bond acceptors (Lipinski definition) is 6. The lowest BCUT2D eigenvalue weighted by Crippen LogP contribution is -1.99. The first kappa shape index (κ1) is 15.6. The molecule has 2 aromatic heterocycles. The number of nitrogens with zero attached hydrogens (tertiary/aromatic N) is 4. The molecule has 0 atom stereocenters. The Morgan fingerprint density at radius 3 is 2.46 bits per heavy atom. The lowest BCUT2D eigenvalue weighted by molar-refractivity contribution is -0.384. The molecule has 26 heavy (non-hydrogen) atoms. The van der Waals surface area contributed by atoms with Crippen LogP contribution in [0.1, 0.15) is 0 Å². The molecule has 7 heteroatoms. The van der Waals surface area contributed by atoms with Crippen molar-refractivity contribution in [2.24, 2.45) is 0 Å². The van der Waals surface area contributed by atoms with Crippen LogP contribution in [0, 0.1) is 10.1 Å². The van der Waals surface area contributed by atoms with E-state index in [-0.39, 0.29) is 5.69 Å². The van der Waals surface area contributed by atoms with Gasteiger partial charge in [0.15, 0.2) is 5.82 Å². The lowest BCUT2D eigenvalue weighted by Gasteiger charge is -2.11. The molecular formula is C19H13N5O2. The summed E-state index contributed by atoms with van der Waals surface area (Å²) in [4.78, 5) is 23.7. The van der Waals surface area contributed by atoms with Crippen LogP contribution < -0.4 is 5.32 Å². The van der Waals surface area contributed by atoms with E-state index >= 15 is 0 Å². The van der Waals surface area contributed by atoms with Crippen molar-refractivity contribution in [3.8, 4) is 11.4 Å². The third-order valence-electron chi connectivity index (χ3n) is 3.86. The summed E-state index contributed by atoms with van der Waals surface area (Å²) >= 11 is 0. The summed E-state index contributed by atoms with van der Waals surface area (Å²) < 4.78 is 0. The van der Waals surface area contributed by atoms with Gasteiger partial charge in [-0.1, -0.05) is 12.1 Å². The number of anilines is 2. The molecule has 0 radical (unpaired) electrons. The summed E-state index contributed by atoms with van der Waals surface area (Å²) in [6.45, 7) is 0. The molecule has 2 heterocycles. The van der Waals surface area contributed by atoms with Gasteiger partial charge in [0.2, 0.25) is 0 Å². The van der Waals surface area contributed by atoms with Crippen molar-refractivity contribution in [3.05, 3.63) is 83.2 Å². The highest BCUT2D eigenvalue weighted by atomic mass is 16.6. The Morgan fingerprint density at radius 2 is 1.73 bits per heavy atom. The van der Waals surface area contributed by atoms with Crippen molar-refractivity contribution in [3.63, 3.8) is 0 Å². The molecule has 2 aromatic carbocycles. The van der Waals surface area contributed by atoms with Crippen LogP contribution in [0.2, 0.25) is 0 Å². The Balaban J connectivity index is 1.79. The minimum absolute atomic E-state index is 0.0409. The molecule has 4 rings (SSSR count). The second-order valence-corrected chi connectivity index (χ2v) is 5.58. The summed E-state index contributed by atoms with van der Waals surface area (Å²) in [7, 11) is 0. The van der Waals surface area contributed by atoms with Crippen molar-refractivity contribution < 1.29 is 4.92 Å². The fourth-order valence-corrected chi connectivity index (χ4v) is 2.60. The van der Waals surface area contributed by atoms with Gasteiger partial charge >= 0.3 is 0 Å². The van der Waals surface area contributed by atoms with Crippen LogP contribution in [0.15, 0.2) is 73.1 Å². The number of para-hydroxylation sites is 1. The zero-order chi connectivity index (χ0) is 17.9. The fourth-order valence-electron chi connectivity index (χ4n) is 2.60. The average Bonchev–Trinajstić information content (AvgIpc) is 2.69. The van der Waals surface area contributed by atoms with Gasteiger partial charge in [0, 0.05) is 41.2 Å². The van der Waals surface area contributed by atoms with E-state index in [0.717, 1.165) is 16.5 Å². The van der Waals surface area contributed by atoms with Crippen molar-refractivity contribution in [1.82, 2.24) is 15.0 Å². The van der Waals surface area contributed by atoms with E-state index in [9.17, 15) is 10.1 Å². The molecule has 0 unspecified atom stereocenters. The minimum Gasteiger partial charge on any atom is -0.340 e. The van der Waals surface area contributed by atoms with Gasteiger partial charge in [0.25, 0.3) is 5.69 Å². The van der Waals surface area contributed by atoms with Gasteiger partial charge in [0.05, 0.1) is 10.4 Å². The molecule has 0 saturated heterocycles. The van der Waals surface area contributed by atoms with Crippen molar-refractivity contribution >= 4 is 28.1 Å². The molecule has 0 aliphatic heterocycles. The van der Waals surface area contributed by atoms with Gasteiger partial charge in [0.1, 0.15) is 5.82 Å². The topological polar surface area (TPSA) is 93.8 Å².